The van der Waals surface area contributed by atoms with Crippen LogP contribution in [-0.2, 0) is 11.3 Å². The molecule has 0 aliphatic carbocycles. The first-order valence-corrected chi connectivity index (χ1v) is 12.9. The van der Waals surface area contributed by atoms with Crippen LogP contribution in [0.15, 0.2) is 83.5 Å². The number of piperidine rings is 1. The molecule has 5 nitrogen and oxygen atoms in total. The number of rotatable bonds is 7. The summed E-state index contributed by atoms with van der Waals surface area (Å²) in [4.78, 5) is 15.4. The van der Waals surface area contributed by atoms with Crippen molar-refractivity contribution >= 4 is 22.4 Å². The van der Waals surface area contributed by atoms with Gasteiger partial charge in [0.1, 0.15) is 11.3 Å². The lowest BCUT2D eigenvalue weighted by Crippen LogP contribution is -2.43. The highest BCUT2D eigenvalue weighted by Crippen LogP contribution is 2.40. The van der Waals surface area contributed by atoms with E-state index in [4.69, 9.17) is 9.15 Å². The fourth-order valence-corrected chi connectivity index (χ4v) is 5.31. The molecular weight excluding hydrogens is 460 g/mol. The van der Waals surface area contributed by atoms with Gasteiger partial charge in [0, 0.05) is 53.8 Å². The smallest absolute Gasteiger partial charge is 0.244 e. The van der Waals surface area contributed by atoms with E-state index in [9.17, 15) is 4.79 Å². The molecular formula is C32H34N2O3. The van der Waals surface area contributed by atoms with Crippen molar-refractivity contribution in [3.8, 4) is 16.9 Å². The Kier molecular flexibility index (Phi) is 7.42. The third kappa shape index (κ3) is 5.47. The Morgan fingerprint density at radius 2 is 1.76 bits per heavy atom. The van der Waals surface area contributed by atoms with Gasteiger partial charge in [-0.25, -0.2) is 0 Å². The Hall–Kier alpha value is -3.83. The maximum Gasteiger partial charge on any atom is 0.244 e. The topological polar surface area (TPSA) is 54.7 Å². The zero-order chi connectivity index (χ0) is 25.8. The Bertz CT molecular complexity index is 1400. The zero-order valence-corrected chi connectivity index (χ0v) is 21.8. The van der Waals surface area contributed by atoms with E-state index in [1.165, 1.54) is 5.56 Å². The molecule has 0 spiro atoms. The van der Waals surface area contributed by atoms with Crippen molar-refractivity contribution in [2.24, 2.45) is 0 Å². The van der Waals surface area contributed by atoms with Crippen molar-refractivity contribution in [2.45, 2.75) is 39.3 Å². The Balaban J connectivity index is 1.31. The Labute approximate surface area is 218 Å². The second kappa shape index (κ2) is 11.1. The van der Waals surface area contributed by atoms with E-state index < -0.39 is 0 Å². The molecule has 1 saturated heterocycles. The minimum atomic E-state index is -0.0608. The molecule has 1 fully saturated rings. The molecule has 1 amide bonds. The number of amides is 1. The lowest BCUT2D eigenvalue weighted by atomic mass is 9.96. The summed E-state index contributed by atoms with van der Waals surface area (Å²) < 4.78 is 11.7. The number of hydrogen-bond donors (Lipinski definition) is 1. The summed E-state index contributed by atoms with van der Waals surface area (Å²) in [5.41, 5.74) is 6.95. The zero-order valence-electron chi connectivity index (χ0n) is 21.8. The number of aryl methyl sites for hydroxylation is 1. The van der Waals surface area contributed by atoms with Gasteiger partial charge in [-0.1, -0.05) is 60.7 Å². The number of fused-ring (bicyclic) bond motifs is 1. The molecule has 0 saturated carbocycles. The van der Waals surface area contributed by atoms with E-state index in [0.29, 0.717) is 0 Å². The van der Waals surface area contributed by atoms with Gasteiger partial charge in [0.15, 0.2) is 0 Å². The molecule has 5 rings (SSSR count). The van der Waals surface area contributed by atoms with Crippen molar-refractivity contribution in [1.82, 2.24) is 10.2 Å². The van der Waals surface area contributed by atoms with Gasteiger partial charge in [-0.3, -0.25) is 9.69 Å². The molecule has 1 aliphatic heterocycles. The van der Waals surface area contributed by atoms with E-state index in [2.05, 4.69) is 52.7 Å². The summed E-state index contributed by atoms with van der Waals surface area (Å²) in [6, 6.07) is 23.0. The predicted molar refractivity (Wildman–Crippen MR) is 149 cm³/mol. The van der Waals surface area contributed by atoms with E-state index >= 15 is 0 Å². The molecule has 1 N–H and O–H groups in total. The Morgan fingerprint density at radius 1 is 1.08 bits per heavy atom. The number of carbonyl (C=O) groups is 1. The predicted octanol–water partition coefficient (Wildman–Crippen LogP) is 6.60. The van der Waals surface area contributed by atoms with Crippen molar-refractivity contribution in [2.75, 3.05) is 20.2 Å². The summed E-state index contributed by atoms with van der Waals surface area (Å²) >= 11 is 0. The highest BCUT2D eigenvalue weighted by molar-refractivity contribution is 6.01. The molecule has 0 atom stereocenters. The van der Waals surface area contributed by atoms with Gasteiger partial charge in [0.2, 0.25) is 5.91 Å². The summed E-state index contributed by atoms with van der Waals surface area (Å²) in [5, 5.41) is 4.24. The number of likely N-dealkylation sites (tertiary alicyclic amines) is 1. The number of carbonyl (C=O) groups excluding carboxylic acids is 1. The minimum absolute atomic E-state index is 0.0608. The van der Waals surface area contributed by atoms with Crippen LogP contribution in [0.3, 0.4) is 0 Å². The van der Waals surface area contributed by atoms with Gasteiger partial charge >= 0.3 is 0 Å². The fraction of sp³-hybridized carbons (Fsp3) is 0.281. The number of hydrogen-bond acceptors (Lipinski definition) is 4. The molecule has 190 valence electrons. The number of benzene rings is 3. The minimum Gasteiger partial charge on any atom is -0.496 e. The maximum atomic E-state index is 13.0. The molecule has 3 aromatic carbocycles. The summed E-state index contributed by atoms with van der Waals surface area (Å²) in [5.74, 6) is 0.673. The molecule has 2 heterocycles. The standard InChI is InChI=1S/C32H34N2O3/c1-22(18-30(35)33-26-14-16-34(17-15-26)20-24-10-6-4-7-11-24)27-19-28-29(25-12-8-5-9-13-25)21-37-32(28)23(2)31(27)36-3/h4-13,18-19,21,26H,14-17,20H2,1-3H3,(H,33,35)/b22-18+. The molecule has 5 heteroatoms. The van der Waals surface area contributed by atoms with Crippen LogP contribution in [0.4, 0.5) is 0 Å². The summed E-state index contributed by atoms with van der Waals surface area (Å²) in [7, 11) is 1.66. The molecule has 1 aromatic heterocycles. The van der Waals surface area contributed by atoms with Gasteiger partial charge in [-0.15, -0.1) is 0 Å². The van der Waals surface area contributed by atoms with Gasteiger partial charge in [-0.05, 0) is 49.5 Å². The third-order valence-corrected chi connectivity index (χ3v) is 7.29. The van der Waals surface area contributed by atoms with Crippen LogP contribution in [-0.4, -0.2) is 37.0 Å². The van der Waals surface area contributed by atoms with Crippen LogP contribution in [0.2, 0.25) is 0 Å². The van der Waals surface area contributed by atoms with Crippen LogP contribution >= 0.6 is 0 Å². The van der Waals surface area contributed by atoms with Crippen LogP contribution < -0.4 is 10.1 Å². The van der Waals surface area contributed by atoms with E-state index in [1.807, 2.05) is 38.1 Å². The number of nitrogens with one attached hydrogen (secondary N) is 1. The molecule has 37 heavy (non-hydrogen) atoms. The van der Waals surface area contributed by atoms with Crippen LogP contribution in [0.25, 0.3) is 27.7 Å². The number of furan rings is 1. The normalized spacial score (nSPS) is 15.2. The summed E-state index contributed by atoms with van der Waals surface area (Å²) in [6.45, 7) is 6.89. The molecule has 0 bridgehead atoms. The van der Waals surface area contributed by atoms with E-state index in [1.54, 1.807) is 19.4 Å². The average molecular weight is 495 g/mol. The van der Waals surface area contributed by atoms with Crippen molar-refractivity contribution in [3.63, 3.8) is 0 Å². The molecule has 1 aliphatic rings. The first-order valence-electron chi connectivity index (χ1n) is 12.9. The summed E-state index contributed by atoms with van der Waals surface area (Å²) in [6.07, 6.45) is 5.40. The number of methoxy groups -OCH3 is 1. The van der Waals surface area contributed by atoms with Gasteiger partial charge in [-0.2, -0.15) is 0 Å². The van der Waals surface area contributed by atoms with Crippen molar-refractivity contribution < 1.29 is 13.9 Å². The van der Waals surface area contributed by atoms with Gasteiger partial charge < -0.3 is 14.5 Å². The average Bonchev–Trinajstić information content (AvgIpc) is 3.35. The monoisotopic (exact) mass is 494 g/mol. The molecule has 0 radical (unpaired) electrons. The first kappa shape index (κ1) is 24.8. The van der Waals surface area contributed by atoms with Crippen molar-refractivity contribution in [1.29, 1.82) is 0 Å². The highest BCUT2D eigenvalue weighted by atomic mass is 16.5. The molecule has 0 unspecified atom stereocenters. The largest absolute Gasteiger partial charge is 0.496 e. The SMILES string of the molecule is COc1c(/C(C)=C/C(=O)NC2CCN(Cc3ccccc3)CC2)cc2c(-c3ccccc3)coc2c1C. The third-order valence-electron chi connectivity index (χ3n) is 7.29. The van der Waals surface area contributed by atoms with Gasteiger partial charge in [0.05, 0.1) is 13.4 Å². The quantitative estimate of drug-likeness (QED) is 0.294. The lowest BCUT2D eigenvalue weighted by Gasteiger charge is -2.32. The number of ether oxygens (including phenoxy) is 1. The van der Waals surface area contributed by atoms with Crippen LogP contribution in [0.1, 0.15) is 36.5 Å². The highest BCUT2D eigenvalue weighted by Gasteiger charge is 2.22. The van der Waals surface area contributed by atoms with E-state index in [-0.39, 0.29) is 11.9 Å². The second-order valence-corrected chi connectivity index (χ2v) is 9.85. The van der Waals surface area contributed by atoms with Crippen LogP contribution in [0.5, 0.6) is 5.75 Å². The fourth-order valence-electron chi connectivity index (χ4n) is 5.31. The molecule has 4 aromatic rings. The first-order chi connectivity index (χ1) is 18.0. The van der Waals surface area contributed by atoms with Gasteiger partial charge in [0.25, 0.3) is 0 Å². The number of allylic oxidation sites excluding steroid dienone is 1. The van der Waals surface area contributed by atoms with E-state index in [0.717, 1.165) is 77.0 Å². The lowest BCUT2D eigenvalue weighted by molar-refractivity contribution is -0.117. The maximum absolute atomic E-state index is 13.0. The van der Waals surface area contributed by atoms with Crippen LogP contribution in [0, 0.1) is 6.92 Å². The Morgan fingerprint density at radius 3 is 2.43 bits per heavy atom. The van der Waals surface area contributed by atoms with Crippen molar-refractivity contribution in [3.05, 3.63) is 95.8 Å². The second-order valence-electron chi connectivity index (χ2n) is 9.85. The number of nitrogens with zero attached hydrogens (tertiary/aromatic N) is 1.